The number of aromatic amines is 1. The monoisotopic (exact) mass is 300 g/mol. The smallest absolute Gasteiger partial charge is 0.251 e. The first-order valence-electron chi connectivity index (χ1n) is 7.63. The van der Waals surface area contributed by atoms with Crippen LogP contribution in [-0.2, 0) is 0 Å². The fourth-order valence-corrected chi connectivity index (χ4v) is 2.81. The zero-order valence-electron chi connectivity index (χ0n) is 12.6. The van der Waals surface area contributed by atoms with Crippen molar-refractivity contribution in [2.75, 3.05) is 19.6 Å². The van der Waals surface area contributed by atoms with Gasteiger partial charge in [-0.1, -0.05) is 19.1 Å². The fraction of sp³-hybridized carbons (Fsp3) is 0.467. The molecule has 1 fully saturated rings. The lowest BCUT2D eigenvalue weighted by Gasteiger charge is -2.32. The SMILES string of the molecule is CCN1CCCC(NC(=O)c2cccc(-c3nn[nH]n3)c2)C1. The number of carbonyl (C=O) groups excluding carboxylic acids is 1. The standard InChI is InChI=1S/C15H20N6O/c1-2-21-8-4-7-13(10-21)16-15(22)12-6-3-5-11(9-12)14-17-19-20-18-14/h3,5-6,9,13H,2,4,7-8,10H2,1H3,(H,16,22)(H,17,18,19,20). The van der Waals surface area contributed by atoms with Crippen LogP contribution in [0.1, 0.15) is 30.1 Å². The molecule has 0 radical (unpaired) electrons. The number of H-pyrrole nitrogens is 1. The summed E-state index contributed by atoms with van der Waals surface area (Å²) in [6.07, 6.45) is 2.16. The van der Waals surface area contributed by atoms with Crippen molar-refractivity contribution in [3.05, 3.63) is 29.8 Å². The third-order valence-electron chi connectivity index (χ3n) is 4.02. The molecule has 1 aliphatic rings. The van der Waals surface area contributed by atoms with Gasteiger partial charge in [-0.05, 0) is 43.3 Å². The van der Waals surface area contributed by atoms with Gasteiger partial charge in [0.1, 0.15) is 0 Å². The largest absolute Gasteiger partial charge is 0.348 e. The maximum atomic E-state index is 12.4. The molecule has 2 heterocycles. The second-order valence-electron chi connectivity index (χ2n) is 5.52. The number of likely N-dealkylation sites (tertiary alicyclic amines) is 1. The van der Waals surface area contributed by atoms with Crippen molar-refractivity contribution in [2.45, 2.75) is 25.8 Å². The molecule has 0 spiro atoms. The number of tetrazole rings is 1. The van der Waals surface area contributed by atoms with Gasteiger partial charge in [0.15, 0.2) is 0 Å². The maximum absolute atomic E-state index is 12.4. The maximum Gasteiger partial charge on any atom is 0.251 e. The summed E-state index contributed by atoms with van der Waals surface area (Å²) in [4.78, 5) is 14.8. The molecule has 1 saturated heterocycles. The second kappa shape index (κ2) is 6.65. The number of rotatable bonds is 4. The van der Waals surface area contributed by atoms with Crippen molar-refractivity contribution < 1.29 is 4.79 Å². The molecule has 0 bridgehead atoms. The highest BCUT2D eigenvalue weighted by atomic mass is 16.1. The van der Waals surface area contributed by atoms with Crippen LogP contribution < -0.4 is 5.32 Å². The van der Waals surface area contributed by atoms with Gasteiger partial charge in [0.25, 0.3) is 5.91 Å². The van der Waals surface area contributed by atoms with Crippen LogP contribution >= 0.6 is 0 Å². The molecule has 1 aromatic carbocycles. The molecule has 7 heteroatoms. The van der Waals surface area contributed by atoms with Gasteiger partial charge < -0.3 is 10.2 Å². The number of amides is 1. The molecular weight excluding hydrogens is 280 g/mol. The van der Waals surface area contributed by atoms with Gasteiger partial charge in [-0.15, -0.1) is 10.2 Å². The van der Waals surface area contributed by atoms with Crippen LogP contribution in [0, 0.1) is 0 Å². The van der Waals surface area contributed by atoms with E-state index in [0.29, 0.717) is 11.4 Å². The first-order chi connectivity index (χ1) is 10.8. The minimum absolute atomic E-state index is 0.0479. The summed E-state index contributed by atoms with van der Waals surface area (Å²) in [5.74, 6) is 0.442. The summed E-state index contributed by atoms with van der Waals surface area (Å²) in [6.45, 7) is 5.22. The van der Waals surface area contributed by atoms with Gasteiger partial charge in [0.05, 0.1) is 0 Å². The summed E-state index contributed by atoms with van der Waals surface area (Å²) >= 11 is 0. The molecule has 116 valence electrons. The summed E-state index contributed by atoms with van der Waals surface area (Å²) < 4.78 is 0. The van der Waals surface area contributed by atoms with Crippen LogP contribution in [-0.4, -0.2) is 57.1 Å². The Labute approximate surface area is 129 Å². The zero-order chi connectivity index (χ0) is 15.4. The number of hydrogen-bond acceptors (Lipinski definition) is 5. The van der Waals surface area contributed by atoms with Crippen LogP contribution in [0.4, 0.5) is 0 Å². The van der Waals surface area contributed by atoms with Gasteiger partial charge in [-0.25, -0.2) is 0 Å². The van der Waals surface area contributed by atoms with E-state index in [1.807, 2.05) is 12.1 Å². The molecule has 1 unspecified atom stereocenters. The Balaban J connectivity index is 1.68. The summed E-state index contributed by atoms with van der Waals surface area (Å²) in [5, 5.41) is 17.0. The van der Waals surface area contributed by atoms with Gasteiger partial charge >= 0.3 is 0 Å². The van der Waals surface area contributed by atoms with Gasteiger partial charge in [-0.2, -0.15) is 5.21 Å². The average molecular weight is 300 g/mol. The van der Waals surface area contributed by atoms with E-state index < -0.39 is 0 Å². The van der Waals surface area contributed by atoms with E-state index in [9.17, 15) is 4.79 Å². The molecule has 1 atom stereocenters. The van der Waals surface area contributed by atoms with E-state index >= 15 is 0 Å². The molecule has 1 amide bonds. The molecule has 7 nitrogen and oxygen atoms in total. The Morgan fingerprint density at radius 2 is 2.41 bits per heavy atom. The van der Waals surface area contributed by atoms with Crippen molar-refractivity contribution in [3.8, 4) is 11.4 Å². The Morgan fingerprint density at radius 1 is 1.50 bits per heavy atom. The lowest BCUT2D eigenvalue weighted by molar-refractivity contribution is 0.0906. The van der Waals surface area contributed by atoms with Crippen molar-refractivity contribution in [3.63, 3.8) is 0 Å². The minimum atomic E-state index is -0.0479. The molecule has 1 aliphatic heterocycles. The van der Waals surface area contributed by atoms with E-state index in [1.165, 1.54) is 0 Å². The highest BCUT2D eigenvalue weighted by Gasteiger charge is 2.21. The number of nitrogens with zero attached hydrogens (tertiary/aromatic N) is 4. The normalized spacial score (nSPS) is 19.0. The third kappa shape index (κ3) is 3.30. The lowest BCUT2D eigenvalue weighted by Crippen LogP contribution is -2.47. The summed E-state index contributed by atoms with van der Waals surface area (Å²) in [6, 6.07) is 7.51. The zero-order valence-corrected chi connectivity index (χ0v) is 12.6. The van der Waals surface area contributed by atoms with E-state index in [1.54, 1.807) is 12.1 Å². The van der Waals surface area contributed by atoms with E-state index in [0.717, 1.165) is 38.0 Å². The predicted octanol–water partition coefficient (Wildman–Crippen LogP) is 1.08. The van der Waals surface area contributed by atoms with Gasteiger partial charge in [-0.3, -0.25) is 4.79 Å². The van der Waals surface area contributed by atoms with Crippen LogP contribution in [0.3, 0.4) is 0 Å². The van der Waals surface area contributed by atoms with Gasteiger partial charge in [0, 0.05) is 23.7 Å². The third-order valence-corrected chi connectivity index (χ3v) is 4.02. The number of likely N-dealkylation sites (N-methyl/N-ethyl adjacent to an activating group) is 1. The van der Waals surface area contributed by atoms with Gasteiger partial charge in [0.2, 0.25) is 5.82 Å². The van der Waals surface area contributed by atoms with Crippen LogP contribution in [0.5, 0.6) is 0 Å². The molecule has 22 heavy (non-hydrogen) atoms. The van der Waals surface area contributed by atoms with E-state index in [4.69, 9.17) is 0 Å². The predicted molar refractivity (Wildman–Crippen MR) is 82.2 cm³/mol. The quantitative estimate of drug-likeness (QED) is 0.882. The highest BCUT2D eigenvalue weighted by molar-refractivity contribution is 5.95. The lowest BCUT2D eigenvalue weighted by atomic mass is 10.0. The Kier molecular flexibility index (Phi) is 4.43. The topological polar surface area (TPSA) is 86.8 Å². The van der Waals surface area contributed by atoms with Crippen LogP contribution in [0.25, 0.3) is 11.4 Å². The van der Waals surface area contributed by atoms with E-state index in [-0.39, 0.29) is 11.9 Å². The van der Waals surface area contributed by atoms with Crippen molar-refractivity contribution >= 4 is 5.91 Å². The van der Waals surface area contributed by atoms with E-state index in [2.05, 4.69) is 37.8 Å². The number of piperidine rings is 1. The summed E-state index contributed by atoms with van der Waals surface area (Å²) in [5.41, 5.74) is 1.40. The number of benzene rings is 1. The highest BCUT2D eigenvalue weighted by Crippen LogP contribution is 2.16. The average Bonchev–Trinajstić information content (AvgIpc) is 3.09. The fourth-order valence-electron chi connectivity index (χ4n) is 2.81. The molecular formula is C15H20N6O. The molecule has 2 N–H and O–H groups in total. The van der Waals surface area contributed by atoms with Crippen molar-refractivity contribution in [1.29, 1.82) is 0 Å². The first kappa shape index (κ1) is 14.6. The van der Waals surface area contributed by atoms with Crippen molar-refractivity contribution in [1.82, 2.24) is 30.8 Å². The first-order valence-corrected chi connectivity index (χ1v) is 7.63. The van der Waals surface area contributed by atoms with Crippen molar-refractivity contribution in [2.24, 2.45) is 0 Å². The second-order valence-corrected chi connectivity index (χ2v) is 5.52. The number of aromatic nitrogens is 4. The number of hydrogen-bond donors (Lipinski definition) is 2. The Morgan fingerprint density at radius 3 is 3.18 bits per heavy atom. The molecule has 0 aliphatic carbocycles. The van der Waals surface area contributed by atoms with Crippen LogP contribution in [0.15, 0.2) is 24.3 Å². The number of nitrogens with one attached hydrogen (secondary N) is 2. The molecule has 3 rings (SSSR count). The Hall–Kier alpha value is -2.28. The number of carbonyl (C=O) groups is 1. The Bertz CT molecular complexity index is 627. The molecule has 0 saturated carbocycles. The van der Waals surface area contributed by atoms with Crippen LogP contribution in [0.2, 0.25) is 0 Å². The molecule has 2 aromatic rings. The summed E-state index contributed by atoms with van der Waals surface area (Å²) in [7, 11) is 0. The molecule has 1 aromatic heterocycles. The minimum Gasteiger partial charge on any atom is -0.348 e.